The molecule has 2 atom stereocenters. The molecule has 1 N–H and O–H groups in total. The number of ether oxygens (including phenoxy) is 1. The van der Waals surface area contributed by atoms with E-state index in [1.165, 1.54) is 0 Å². The van der Waals surface area contributed by atoms with Crippen LogP contribution in [0.3, 0.4) is 0 Å². The Hall–Kier alpha value is -2.19. The maximum Gasteiger partial charge on any atom is 0.254 e. The highest BCUT2D eigenvalue weighted by atomic mass is 16.5. The monoisotopic (exact) mass is 359 g/mol. The van der Waals surface area contributed by atoms with Crippen molar-refractivity contribution >= 4 is 5.91 Å². The van der Waals surface area contributed by atoms with Gasteiger partial charge >= 0.3 is 0 Å². The number of carbonyl (C=O) groups is 1. The van der Waals surface area contributed by atoms with Crippen LogP contribution >= 0.6 is 0 Å². The van der Waals surface area contributed by atoms with Crippen molar-refractivity contribution < 1.29 is 14.1 Å². The van der Waals surface area contributed by atoms with E-state index in [4.69, 9.17) is 9.26 Å². The van der Waals surface area contributed by atoms with E-state index < -0.39 is 0 Å². The van der Waals surface area contributed by atoms with E-state index in [1.54, 1.807) is 17.1 Å². The first-order chi connectivity index (χ1) is 12.5. The van der Waals surface area contributed by atoms with Crippen LogP contribution in [0.25, 0.3) is 0 Å². The summed E-state index contributed by atoms with van der Waals surface area (Å²) in [5, 5.41) is 11.3. The van der Waals surface area contributed by atoms with E-state index in [1.807, 2.05) is 20.0 Å². The van der Waals surface area contributed by atoms with Crippen molar-refractivity contribution in [3.63, 3.8) is 0 Å². The standard InChI is InChI=1S/C18H25N5O3/c1-13-7-16(21-26-13)11-23-5-4-18(12-23)8-15(3-6-25-18)20-17(24)14-9-19-22(2)10-14/h7,9-10,15H,3-6,8,11-12H2,1-2H3,(H,20,24)/t15-,18-/m1/s1. The maximum absolute atomic E-state index is 12.4. The fraction of sp³-hybridized carbons (Fsp3) is 0.611. The molecule has 0 saturated carbocycles. The van der Waals surface area contributed by atoms with Crippen LogP contribution in [0, 0.1) is 6.92 Å². The number of aryl methyl sites for hydroxylation is 2. The number of hydrogen-bond donors (Lipinski definition) is 1. The van der Waals surface area contributed by atoms with Gasteiger partial charge in [-0.3, -0.25) is 14.4 Å². The second-order valence-corrected chi connectivity index (χ2v) is 7.49. The Labute approximate surface area is 152 Å². The van der Waals surface area contributed by atoms with E-state index in [-0.39, 0.29) is 17.6 Å². The molecule has 0 aliphatic carbocycles. The summed E-state index contributed by atoms with van der Waals surface area (Å²) in [6, 6.07) is 2.11. The van der Waals surface area contributed by atoms with Gasteiger partial charge in [0.15, 0.2) is 0 Å². The van der Waals surface area contributed by atoms with Crippen LogP contribution in [0.2, 0.25) is 0 Å². The number of nitrogens with one attached hydrogen (secondary N) is 1. The Balaban J connectivity index is 1.35. The smallest absolute Gasteiger partial charge is 0.254 e. The van der Waals surface area contributed by atoms with Gasteiger partial charge in [-0.05, 0) is 26.2 Å². The lowest BCUT2D eigenvalue weighted by atomic mass is 9.89. The van der Waals surface area contributed by atoms with Gasteiger partial charge in [0.05, 0.1) is 23.1 Å². The van der Waals surface area contributed by atoms with Crippen LogP contribution < -0.4 is 5.32 Å². The van der Waals surface area contributed by atoms with Crippen LogP contribution in [-0.4, -0.2) is 57.1 Å². The zero-order chi connectivity index (χ0) is 18.1. The van der Waals surface area contributed by atoms with Gasteiger partial charge in [0, 0.05) is 51.6 Å². The highest BCUT2D eigenvalue weighted by molar-refractivity contribution is 5.93. The molecule has 2 fully saturated rings. The molecule has 8 nitrogen and oxygen atoms in total. The summed E-state index contributed by atoms with van der Waals surface area (Å²) >= 11 is 0. The fourth-order valence-electron chi connectivity index (χ4n) is 4.03. The number of nitrogens with zero attached hydrogens (tertiary/aromatic N) is 4. The van der Waals surface area contributed by atoms with E-state index >= 15 is 0 Å². The number of likely N-dealkylation sites (tertiary alicyclic amines) is 1. The van der Waals surface area contributed by atoms with Crippen LogP contribution in [0.5, 0.6) is 0 Å². The number of hydrogen-bond acceptors (Lipinski definition) is 6. The van der Waals surface area contributed by atoms with Gasteiger partial charge in [0.1, 0.15) is 5.76 Å². The molecule has 2 saturated heterocycles. The Morgan fingerprint density at radius 2 is 2.38 bits per heavy atom. The minimum absolute atomic E-state index is 0.0620. The summed E-state index contributed by atoms with van der Waals surface area (Å²) in [5.41, 5.74) is 1.38. The van der Waals surface area contributed by atoms with E-state index in [2.05, 4.69) is 20.5 Å². The maximum atomic E-state index is 12.4. The first-order valence-corrected chi connectivity index (χ1v) is 9.09. The van der Waals surface area contributed by atoms with Crippen molar-refractivity contribution in [2.24, 2.45) is 7.05 Å². The topological polar surface area (TPSA) is 85.4 Å². The normalized spacial score (nSPS) is 26.5. The lowest BCUT2D eigenvalue weighted by Crippen LogP contribution is -2.49. The Morgan fingerprint density at radius 1 is 1.50 bits per heavy atom. The van der Waals surface area contributed by atoms with Crippen molar-refractivity contribution in [3.8, 4) is 0 Å². The summed E-state index contributed by atoms with van der Waals surface area (Å²) in [6.07, 6.45) is 6.00. The molecule has 2 aliphatic heterocycles. The zero-order valence-corrected chi connectivity index (χ0v) is 15.3. The van der Waals surface area contributed by atoms with Gasteiger partial charge < -0.3 is 14.6 Å². The highest BCUT2D eigenvalue weighted by Crippen LogP contribution is 2.35. The van der Waals surface area contributed by atoms with Gasteiger partial charge in [-0.1, -0.05) is 5.16 Å². The number of amides is 1. The highest BCUT2D eigenvalue weighted by Gasteiger charge is 2.43. The second kappa shape index (κ2) is 6.85. The van der Waals surface area contributed by atoms with Gasteiger partial charge in [0.2, 0.25) is 0 Å². The molecule has 140 valence electrons. The molecule has 4 heterocycles. The van der Waals surface area contributed by atoms with Crippen LogP contribution in [0.1, 0.15) is 41.1 Å². The molecular formula is C18H25N5O3. The Kier molecular flexibility index (Phi) is 4.54. The van der Waals surface area contributed by atoms with E-state index in [0.29, 0.717) is 12.2 Å². The van der Waals surface area contributed by atoms with Crippen LogP contribution in [0.4, 0.5) is 0 Å². The van der Waals surface area contributed by atoms with Crippen molar-refractivity contribution in [2.75, 3.05) is 19.7 Å². The van der Waals surface area contributed by atoms with Crippen LogP contribution in [0.15, 0.2) is 23.0 Å². The molecule has 0 aromatic carbocycles. The summed E-state index contributed by atoms with van der Waals surface area (Å²) in [4.78, 5) is 14.8. The van der Waals surface area contributed by atoms with Crippen LogP contribution in [-0.2, 0) is 18.3 Å². The predicted molar refractivity (Wildman–Crippen MR) is 93.5 cm³/mol. The molecule has 4 rings (SSSR count). The SMILES string of the molecule is Cc1cc(CN2CC[C@@]3(C[C@H](NC(=O)c4cnn(C)c4)CCO3)C2)no1. The Morgan fingerprint density at radius 3 is 3.12 bits per heavy atom. The number of rotatable bonds is 4. The third-order valence-corrected chi connectivity index (χ3v) is 5.25. The first-order valence-electron chi connectivity index (χ1n) is 9.09. The third kappa shape index (κ3) is 3.66. The lowest BCUT2D eigenvalue weighted by molar-refractivity contribution is -0.0793. The fourth-order valence-corrected chi connectivity index (χ4v) is 4.03. The van der Waals surface area contributed by atoms with E-state index in [0.717, 1.165) is 50.4 Å². The molecule has 2 aromatic heterocycles. The summed E-state index contributed by atoms with van der Waals surface area (Å²) < 4.78 is 13.0. The summed E-state index contributed by atoms with van der Waals surface area (Å²) in [7, 11) is 1.81. The molecular weight excluding hydrogens is 334 g/mol. The molecule has 26 heavy (non-hydrogen) atoms. The average molecular weight is 359 g/mol. The van der Waals surface area contributed by atoms with Crippen molar-refractivity contribution in [2.45, 2.75) is 44.4 Å². The molecule has 8 heteroatoms. The summed E-state index contributed by atoms with van der Waals surface area (Å²) in [5.74, 6) is 0.772. The Bertz CT molecular complexity index is 785. The largest absolute Gasteiger partial charge is 0.373 e. The molecule has 0 bridgehead atoms. The molecule has 0 unspecified atom stereocenters. The zero-order valence-electron chi connectivity index (χ0n) is 15.3. The molecule has 1 amide bonds. The molecule has 0 radical (unpaired) electrons. The second-order valence-electron chi connectivity index (χ2n) is 7.49. The first kappa shape index (κ1) is 17.2. The molecule has 2 aliphatic rings. The van der Waals surface area contributed by atoms with Crippen molar-refractivity contribution in [3.05, 3.63) is 35.5 Å². The van der Waals surface area contributed by atoms with E-state index in [9.17, 15) is 4.79 Å². The summed E-state index contributed by atoms with van der Waals surface area (Å²) in [6.45, 7) is 5.18. The quantitative estimate of drug-likeness (QED) is 0.885. The average Bonchev–Trinajstić information content (AvgIpc) is 3.30. The third-order valence-electron chi connectivity index (χ3n) is 5.25. The minimum Gasteiger partial charge on any atom is -0.373 e. The van der Waals surface area contributed by atoms with Crippen molar-refractivity contribution in [1.82, 2.24) is 25.2 Å². The number of aromatic nitrogens is 3. The molecule has 2 aromatic rings. The van der Waals surface area contributed by atoms with Gasteiger partial charge in [0.25, 0.3) is 5.91 Å². The lowest BCUT2D eigenvalue weighted by Gasteiger charge is -2.38. The van der Waals surface area contributed by atoms with Gasteiger partial charge in [-0.2, -0.15) is 5.10 Å². The van der Waals surface area contributed by atoms with Gasteiger partial charge in [-0.25, -0.2) is 0 Å². The van der Waals surface area contributed by atoms with Gasteiger partial charge in [-0.15, -0.1) is 0 Å². The molecule has 1 spiro atoms. The number of carbonyl (C=O) groups excluding carboxylic acids is 1. The predicted octanol–water partition coefficient (Wildman–Crippen LogP) is 1.27. The van der Waals surface area contributed by atoms with Crippen molar-refractivity contribution in [1.29, 1.82) is 0 Å². The minimum atomic E-state index is -0.177.